The summed E-state index contributed by atoms with van der Waals surface area (Å²) in [5.74, 6) is -0.252. The Labute approximate surface area is 182 Å². The van der Waals surface area contributed by atoms with Crippen molar-refractivity contribution >= 4 is 32.6 Å². The predicted octanol–water partition coefficient (Wildman–Crippen LogP) is 4.24. The number of carbonyl (C=O) groups excluding carboxylic acids is 1. The lowest BCUT2D eigenvalue weighted by molar-refractivity contribution is 0.102. The molecule has 1 aromatic carbocycles. The molecular weight excluding hydrogens is 414 g/mol. The van der Waals surface area contributed by atoms with Crippen LogP contribution in [0.3, 0.4) is 0 Å². The number of thiazole rings is 1. The Morgan fingerprint density at radius 3 is 2.94 bits per heavy atom. The average molecular weight is 436 g/mol. The van der Waals surface area contributed by atoms with Crippen molar-refractivity contribution in [2.45, 2.75) is 39.2 Å². The van der Waals surface area contributed by atoms with E-state index >= 15 is 0 Å². The van der Waals surface area contributed by atoms with E-state index in [-0.39, 0.29) is 17.9 Å². The van der Waals surface area contributed by atoms with Gasteiger partial charge >= 0.3 is 0 Å². The van der Waals surface area contributed by atoms with Crippen LogP contribution in [-0.4, -0.2) is 20.6 Å². The zero-order chi connectivity index (χ0) is 21.5. The van der Waals surface area contributed by atoms with Gasteiger partial charge in [0.15, 0.2) is 5.13 Å². The largest absolute Gasteiger partial charge is 0.507 e. The maximum absolute atomic E-state index is 13.3. The minimum atomic E-state index is -0.653. The van der Waals surface area contributed by atoms with Crippen molar-refractivity contribution in [3.05, 3.63) is 75.1 Å². The number of aromatic nitrogens is 2. The van der Waals surface area contributed by atoms with E-state index in [0.29, 0.717) is 29.3 Å². The molecule has 0 atom stereocenters. The smallest absolute Gasteiger partial charge is 0.267 e. The number of pyridine rings is 1. The average Bonchev–Trinajstić information content (AvgIpc) is 3.40. The maximum atomic E-state index is 13.3. The molecule has 0 fully saturated rings. The van der Waals surface area contributed by atoms with E-state index in [1.807, 2.05) is 25.1 Å². The number of nitrogens with one attached hydrogen (secondary N) is 1. The molecule has 3 heterocycles. The van der Waals surface area contributed by atoms with Crippen LogP contribution in [0.1, 0.15) is 45.8 Å². The molecule has 0 saturated heterocycles. The number of carbonyl (C=O) groups is 1. The molecule has 0 saturated carbocycles. The second-order valence-electron chi connectivity index (χ2n) is 7.77. The van der Waals surface area contributed by atoms with Gasteiger partial charge in [-0.1, -0.05) is 17.4 Å². The molecular formula is C23H21N3O4S. The monoisotopic (exact) mass is 435 g/mol. The van der Waals surface area contributed by atoms with Gasteiger partial charge in [-0.05, 0) is 62.4 Å². The molecule has 1 aliphatic rings. The van der Waals surface area contributed by atoms with E-state index in [1.165, 1.54) is 11.3 Å². The van der Waals surface area contributed by atoms with Gasteiger partial charge < -0.3 is 14.1 Å². The Hall–Kier alpha value is -3.39. The highest BCUT2D eigenvalue weighted by Crippen LogP contribution is 2.32. The van der Waals surface area contributed by atoms with Crippen LogP contribution >= 0.6 is 11.3 Å². The molecule has 1 amide bonds. The lowest BCUT2D eigenvalue weighted by Gasteiger charge is -2.23. The molecule has 1 aliphatic carbocycles. The van der Waals surface area contributed by atoms with Crippen molar-refractivity contribution in [3.63, 3.8) is 0 Å². The third-order valence-electron chi connectivity index (χ3n) is 5.63. The molecule has 5 rings (SSSR count). The summed E-state index contributed by atoms with van der Waals surface area (Å²) in [6.07, 6.45) is 4.69. The first-order valence-electron chi connectivity index (χ1n) is 10.2. The topological polar surface area (TPSA) is 97.4 Å². The van der Waals surface area contributed by atoms with Gasteiger partial charge in [0.2, 0.25) is 0 Å². The number of amides is 1. The molecule has 4 aromatic rings. The van der Waals surface area contributed by atoms with Crippen LogP contribution in [0.5, 0.6) is 5.75 Å². The summed E-state index contributed by atoms with van der Waals surface area (Å²) in [7, 11) is 0. The highest BCUT2D eigenvalue weighted by Gasteiger charge is 2.28. The summed E-state index contributed by atoms with van der Waals surface area (Å²) in [6, 6.07) is 9.39. The number of anilines is 1. The highest BCUT2D eigenvalue weighted by molar-refractivity contribution is 7.22. The molecule has 0 unspecified atom stereocenters. The van der Waals surface area contributed by atoms with Crippen LogP contribution in [0.4, 0.5) is 5.13 Å². The summed E-state index contributed by atoms with van der Waals surface area (Å²) in [5.41, 5.74) is 2.55. The molecule has 3 aromatic heterocycles. The molecule has 31 heavy (non-hydrogen) atoms. The Balaban J connectivity index is 1.57. The number of aromatic hydroxyl groups is 1. The first-order valence-corrected chi connectivity index (χ1v) is 11.0. The van der Waals surface area contributed by atoms with E-state index in [0.717, 1.165) is 34.3 Å². The fourth-order valence-corrected chi connectivity index (χ4v) is 5.09. The fraction of sp³-hybridized carbons (Fsp3) is 0.261. The lowest BCUT2D eigenvalue weighted by Crippen LogP contribution is -2.34. The second-order valence-corrected chi connectivity index (χ2v) is 8.80. The zero-order valence-electron chi connectivity index (χ0n) is 17.0. The van der Waals surface area contributed by atoms with E-state index in [1.54, 1.807) is 23.0 Å². The van der Waals surface area contributed by atoms with Crippen molar-refractivity contribution < 1.29 is 14.3 Å². The van der Waals surface area contributed by atoms with Crippen LogP contribution < -0.4 is 10.9 Å². The normalized spacial score (nSPS) is 13.3. The van der Waals surface area contributed by atoms with Gasteiger partial charge in [-0.15, -0.1) is 0 Å². The minimum absolute atomic E-state index is 0.217. The van der Waals surface area contributed by atoms with Gasteiger partial charge in [0.05, 0.1) is 23.0 Å². The van der Waals surface area contributed by atoms with Crippen LogP contribution in [-0.2, 0) is 19.4 Å². The number of aryl methyl sites for hydroxylation is 1. The van der Waals surface area contributed by atoms with E-state index < -0.39 is 11.5 Å². The molecule has 0 spiro atoms. The SMILES string of the molecule is Cc1ccc2nc(NC(=O)c3c(O)c4c(n(Cc5ccco5)c3=O)CCCC4)sc2c1. The van der Waals surface area contributed by atoms with Crippen molar-refractivity contribution in [3.8, 4) is 5.75 Å². The lowest BCUT2D eigenvalue weighted by atomic mass is 9.93. The minimum Gasteiger partial charge on any atom is -0.507 e. The van der Waals surface area contributed by atoms with Crippen LogP contribution in [0.25, 0.3) is 10.2 Å². The molecule has 8 heteroatoms. The number of rotatable bonds is 4. The van der Waals surface area contributed by atoms with Crippen molar-refractivity contribution in [2.75, 3.05) is 5.32 Å². The predicted molar refractivity (Wildman–Crippen MR) is 119 cm³/mol. The standard InChI is InChI=1S/C23H21N3O4S/c1-13-8-9-16-18(11-13)31-23(24-16)25-21(28)19-20(27)15-6-2-3-7-17(15)26(22(19)29)12-14-5-4-10-30-14/h4-5,8-11,27H,2-3,6-7,12H2,1H3,(H,24,25,28). The molecule has 7 nitrogen and oxygen atoms in total. The number of hydrogen-bond acceptors (Lipinski definition) is 6. The summed E-state index contributed by atoms with van der Waals surface area (Å²) < 4.78 is 7.93. The number of hydrogen-bond donors (Lipinski definition) is 2. The number of furan rings is 1. The van der Waals surface area contributed by atoms with Gasteiger partial charge in [-0.3, -0.25) is 14.9 Å². The van der Waals surface area contributed by atoms with Crippen LogP contribution in [0, 0.1) is 6.92 Å². The quantitative estimate of drug-likeness (QED) is 0.500. The van der Waals surface area contributed by atoms with Crippen molar-refractivity contribution in [1.29, 1.82) is 0 Å². The van der Waals surface area contributed by atoms with Crippen LogP contribution in [0.15, 0.2) is 45.8 Å². The zero-order valence-corrected chi connectivity index (χ0v) is 17.8. The summed E-state index contributed by atoms with van der Waals surface area (Å²) in [4.78, 5) is 30.8. The Bertz CT molecular complexity index is 1350. The summed E-state index contributed by atoms with van der Waals surface area (Å²) >= 11 is 1.33. The van der Waals surface area contributed by atoms with Gasteiger partial charge in [0.25, 0.3) is 11.5 Å². The van der Waals surface area contributed by atoms with E-state index in [2.05, 4.69) is 10.3 Å². The highest BCUT2D eigenvalue weighted by atomic mass is 32.1. The number of benzene rings is 1. The number of fused-ring (bicyclic) bond motifs is 2. The molecule has 158 valence electrons. The maximum Gasteiger partial charge on any atom is 0.267 e. The summed E-state index contributed by atoms with van der Waals surface area (Å²) in [6.45, 7) is 2.21. The number of nitrogens with zero attached hydrogens (tertiary/aromatic N) is 2. The van der Waals surface area contributed by atoms with Gasteiger partial charge in [0.1, 0.15) is 17.1 Å². The van der Waals surface area contributed by atoms with Crippen molar-refractivity contribution in [2.24, 2.45) is 0 Å². The first kappa shape index (κ1) is 19.6. The first-order chi connectivity index (χ1) is 15.0. The van der Waals surface area contributed by atoms with Gasteiger partial charge in [-0.25, -0.2) is 4.98 Å². The Kier molecular flexibility index (Phi) is 4.86. The van der Waals surface area contributed by atoms with Gasteiger partial charge in [0, 0.05) is 11.3 Å². The van der Waals surface area contributed by atoms with E-state index in [4.69, 9.17) is 4.42 Å². The second kappa shape index (κ2) is 7.70. The van der Waals surface area contributed by atoms with E-state index in [9.17, 15) is 14.7 Å². The van der Waals surface area contributed by atoms with Crippen LogP contribution in [0.2, 0.25) is 0 Å². The Morgan fingerprint density at radius 1 is 1.29 bits per heavy atom. The van der Waals surface area contributed by atoms with Gasteiger partial charge in [-0.2, -0.15) is 0 Å². The molecule has 0 aliphatic heterocycles. The molecule has 0 radical (unpaired) electrons. The summed E-state index contributed by atoms with van der Waals surface area (Å²) in [5, 5.41) is 14.0. The molecule has 2 N–H and O–H groups in total. The third-order valence-corrected chi connectivity index (χ3v) is 6.57. The third kappa shape index (κ3) is 3.53. The molecule has 0 bridgehead atoms. The Morgan fingerprint density at radius 2 is 2.13 bits per heavy atom. The fourth-order valence-electron chi connectivity index (χ4n) is 4.13. The van der Waals surface area contributed by atoms with Crippen molar-refractivity contribution in [1.82, 2.24) is 9.55 Å².